The van der Waals surface area contributed by atoms with Crippen LogP contribution in [0.5, 0.6) is 5.75 Å². The standard InChI is InChI=1S/C17H19FN4O2/c1-10(2)24-15-7-13(18)5-6-14(15)22-17-16(21-11(3)8-23)12(4)19-9-20-17/h5-10H,1-4H3,(H,19,20,22)/b21-11+. The zero-order valence-corrected chi connectivity index (χ0v) is 14.0. The lowest BCUT2D eigenvalue weighted by Crippen LogP contribution is -2.08. The summed E-state index contributed by atoms with van der Waals surface area (Å²) in [6.45, 7) is 7.06. The quantitative estimate of drug-likeness (QED) is 0.645. The van der Waals surface area contributed by atoms with Gasteiger partial charge in [-0.05, 0) is 39.8 Å². The number of aliphatic imine (C=N–C) groups is 1. The van der Waals surface area contributed by atoms with Crippen LogP contribution in [0.4, 0.5) is 21.6 Å². The highest BCUT2D eigenvalue weighted by molar-refractivity contribution is 6.27. The maximum absolute atomic E-state index is 13.5. The number of rotatable bonds is 6. The van der Waals surface area contributed by atoms with E-state index >= 15 is 0 Å². The minimum Gasteiger partial charge on any atom is -0.489 e. The number of aldehydes is 1. The van der Waals surface area contributed by atoms with Crippen LogP contribution in [-0.4, -0.2) is 28.1 Å². The van der Waals surface area contributed by atoms with E-state index in [1.807, 2.05) is 13.8 Å². The number of benzene rings is 1. The van der Waals surface area contributed by atoms with Gasteiger partial charge in [0, 0.05) is 6.07 Å². The zero-order chi connectivity index (χ0) is 17.7. The topological polar surface area (TPSA) is 76.5 Å². The van der Waals surface area contributed by atoms with E-state index < -0.39 is 5.82 Å². The van der Waals surface area contributed by atoms with Gasteiger partial charge in [-0.15, -0.1) is 0 Å². The van der Waals surface area contributed by atoms with E-state index in [1.54, 1.807) is 19.9 Å². The molecule has 1 aromatic carbocycles. The summed E-state index contributed by atoms with van der Waals surface area (Å²) in [6.07, 6.45) is 1.93. The van der Waals surface area contributed by atoms with Gasteiger partial charge in [-0.25, -0.2) is 19.4 Å². The van der Waals surface area contributed by atoms with E-state index in [2.05, 4.69) is 20.3 Å². The molecule has 0 saturated heterocycles. The van der Waals surface area contributed by atoms with Crippen LogP contribution < -0.4 is 10.1 Å². The van der Waals surface area contributed by atoms with E-state index in [4.69, 9.17) is 4.74 Å². The molecule has 0 bridgehead atoms. The first kappa shape index (κ1) is 17.5. The number of carbonyl (C=O) groups is 1. The molecular weight excluding hydrogens is 311 g/mol. The number of aromatic nitrogens is 2. The van der Waals surface area contributed by atoms with Crippen molar-refractivity contribution in [3.05, 3.63) is 36.0 Å². The van der Waals surface area contributed by atoms with Gasteiger partial charge in [-0.1, -0.05) is 0 Å². The van der Waals surface area contributed by atoms with Gasteiger partial charge in [0.2, 0.25) is 0 Å². The molecule has 0 aliphatic rings. The van der Waals surface area contributed by atoms with Crippen molar-refractivity contribution in [3.8, 4) is 5.75 Å². The molecular formula is C17H19FN4O2. The molecule has 0 amide bonds. The highest BCUT2D eigenvalue weighted by atomic mass is 19.1. The van der Waals surface area contributed by atoms with Crippen LogP contribution in [0, 0.1) is 12.7 Å². The minimum atomic E-state index is -0.398. The van der Waals surface area contributed by atoms with Crippen LogP contribution in [-0.2, 0) is 4.79 Å². The Labute approximate surface area is 139 Å². The van der Waals surface area contributed by atoms with Crippen molar-refractivity contribution in [3.63, 3.8) is 0 Å². The normalized spacial score (nSPS) is 11.5. The largest absolute Gasteiger partial charge is 0.489 e. The van der Waals surface area contributed by atoms with Crippen molar-refractivity contribution in [1.82, 2.24) is 9.97 Å². The fourth-order valence-corrected chi connectivity index (χ4v) is 1.97. The predicted octanol–water partition coefficient (Wildman–Crippen LogP) is 3.75. The number of carbonyl (C=O) groups excluding carboxylic acids is 1. The fourth-order valence-electron chi connectivity index (χ4n) is 1.97. The molecule has 1 aromatic heterocycles. The highest BCUT2D eigenvalue weighted by Crippen LogP contribution is 2.33. The first-order valence-corrected chi connectivity index (χ1v) is 7.46. The lowest BCUT2D eigenvalue weighted by molar-refractivity contribution is -0.102. The summed E-state index contributed by atoms with van der Waals surface area (Å²) >= 11 is 0. The zero-order valence-electron chi connectivity index (χ0n) is 14.0. The van der Waals surface area contributed by atoms with Gasteiger partial charge in [0.25, 0.3) is 0 Å². The summed E-state index contributed by atoms with van der Waals surface area (Å²) in [5.41, 5.74) is 1.90. The molecule has 0 radical (unpaired) electrons. The van der Waals surface area contributed by atoms with E-state index in [-0.39, 0.29) is 6.10 Å². The Balaban J connectivity index is 2.45. The summed E-state index contributed by atoms with van der Waals surface area (Å²) < 4.78 is 19.1. The van der Waals surface area contributed by atoms with Crippen LogP contribution in [0.25, 0.3) is 0 Å². The number of anilines is 2. The Kier molecular flexibility index (Phi) is 5.57. The molecule has 0 aliphatic carbocycles. The van der Waals surface area contributed by atoms with Gasteiger partial charge in [0.1, 0.15) is 23.6 Å². The molecule has 1 N–H and O–H groups in total. The Morgan fingerprint density at radius 1 is 1.38 bits per heavy atom. The van der Waals surface area contributed by atoms with Gasteiger partial charge in [-0.2, -0.15) is 0 Å². The summed E-state index contributed by atoms with van der Waals surface area (Å²) in [4.78, 5) is 23.3. The molecule has 1 heterocycles. The maximum atomic E-state index is 13.5. The minimum absolute atomic E-state index is 0.116. The van der Waals surface area contributed by atoms with Gasteiger partial charge in [-0.3, -0.25) is 4.79 Å². The van der Waals surface area contributed by atoms with Gasteiger partial charge in [0.15, 0.2) is 12.1 Å². The van der Waals surface area contributed by atoms with Gasteiger partial charge in [0.05, 0.1) is 23.2 Å². The molecule has 126 valence electrons. The number of aryl methyl sites for hydroxylation is 1. The molecule has 6 nitrogen and oxygen atoms in total. The van der Waals surface area contributed by atoms with Crippen molar-refractivity contribution in [2.75, 3.05) is 5.32 Å². The van der Waals surface area contributed by atoms with E-state index in [1.165, 1.54) is 18.5 Å². The SMILES string of the molecule is C/C(C=O)=N\c1c(C)ncnc1Nc1ccc(F)cc1OC(C)C. The average Bonchev–Trinajstić information content (AvgIpc) is 2.52. The monoisotopic (exact) mass is 330 g/mol. The molecule has 24 heavy (non-hydrogen) atoms. The second-order valence-corrected chi connectivity index (χ2v) is 5.46. The van der Waals surface area contributed by atoms with Crippen LogP contribution >= 0.6 is 0 Å². The Morgan fingerprint density at radius 3 is 2.79 bits per heavy atom. The first-order valence-electron chi connectivity index (χ1n) is 7.46. The molecule has 2 aromatic rings. The Hall–Kier alpha value is -2.83. The first-order chi connectivity index (χ1) is 11.4. The smallest absolute Gasteiger partial charge is 0.163 e. The third kappa shape index (κ3) is 4.34. The van der Waals surface area contributed by atoms with Crippen molar-refractivity contribution < 1.29 is 13.9 Å². The molecule has 0 spiro atoms. The molecule has 0 unspecified atom stereocenters. The van der Waals surface area contributed by atoms with E-state index in [9.17, 15) is 9.18 Å². The van der Waals surface area contributed by atoms with Gasteiger partial charge < -0.3 is 10.1 Å². The summed E-state index contributed by atoms with van der Waals surface area (Å²) in [7, 11) is 0. The highest BCUT2D eigenvalue weighted by Gasteiger charge is 2.13. The third-order valence-electron chi connectivity index (χ3n) is 3.02. The van der Waals surface area contributed by atoms with Crippen molar-refractivity contribution in [2.24, 2.45) is 4.99 Å². The number of halogens is 1. The molecule has 0 fully saturated rings. The fraction of sp³-hybridized carbons (Fsp3) is 0.294. The lowest BCUT2D eigenvalue weighted by atomic mass is 10.2. The van der Waals surface area contributed by atoms with Crippen molar-refractivity contribution in [1.29, 1.82) is 0 Å². The Bertz CT molecular complexity index is 775. The second-order valence-electron chi connectivity index (χ2n) is 5.46. The van der Waals surface area contributed by atoms with E-state index in [0.717, 1.165) is 0 Å². The van der Waals surface area contributed by atoms with Crippen molar-refractivity contribution in [2.45, 2.75) is 33.8 Å². The van der Waals surface area contributed by atoms with Crippen LogP contribution in [0.15, 0.2) is 29.5 Å². The number of ether oxygens (including phenoxy) is 1. The number of hydrogen-bond acceptors (Lipinski definition) is 6. The summed E-state index contributed by atoms with van der Waals surface area (Å²) in [6, 6.07) is 4.18. The second kappa shape index (κ2) is 7.63. The predicted molar refractivity (Wildman–Crippen MR) is 91.0 cm³/mol. The third-order valence-corrected chi connectivity index (χ3v) is 3.02. The van der Waals surface area contributed by atoms with E-state index in [0.29, 0.717) is 40.6 Å². The van der Waals surface area contributed by atoms with Crippen molar-refractivity contribution >= 4 is 29.2 Å². The van der Waals surface area contributed by atoms with Crippen LogP contribution in [0.3, 0.4) is 0 Å². The van der Waals surface area contributed by atoms with Gasteiger partial charge >= 0.3 is 0 Å². The molecule has 7 heteroatoms. The number of nitrogens with zero attached hydrogens (tertiary/aromatic N) is 3. The number of hydrogen-bond donors (Lipinski definition) is 1. The molecule has 2 rings (SSSR count). The lowest BCUT2D eigenvalue weighted by Gasteiger charge is -2.16. The summed E-state index contributed by atoms with van der Waals surface area (Å²) in [5.74, 6) is 0.373. The number of nitrogens with one attached hydrogen (secondary N) is 1. The summed E-state index contributed by atoms with van der Waals surface area (Å²) in [5, 5.41) is 3.08. The molecule has 0 atom stereocenters. The van der Waals surface area contributed by atoms with Crippen LogP contribution in [0.1, 0.15) is 26.5 Å². The molecule has 0 aliphatic heterocycles. The Morgan fingerprint density at radius 2 is 2.12 bits per heavy atom. The average molecular weight is 330 g/mol. The molecule has 0 saturated carbocycles. The van der Waals surface area contributed by atoms with Crippen LogP contribution in [0.2, 0.25) is 0 Å². The maximum Gasteiger partial charge on any atom is 0.163 e.